The van der Waals surface area contributed by atoms with Crippen molar-refractivity contribution >= 4 is 58.3 Å². The Labute approximate surface area is 216 Å². The van der Waals surface area contributed by atoms with Crippen molar-refractivity contribution in [3.05, 3.63) is 99.0 Å². The van der Waals surface area contributed by atoms with Crippen LogP contribution < -0.4 is 10.2 Å². The highest BCUT2D eigenvalue weighted by molar-refractivity contribution is 6.38. The van der Waals surface area contributed by atoms with E-state index in [0.717, 1.165) is 10.5 Å². The van der Waals surface area contributed by atoms with Gasteiger partial charge in [0, 0.05) is 22.5 Å². The van der Waals surface area contributed by atoms with Crippen molar-refractivity contribution in [1.29, 1.82) is 0 Å². The van der Waals surface area contributed by atoms with Gasteiger partial charge in [-0.15, -0.1) is 0 Å². The number of carboxylic acid groups (broad SMARTS) is 1. The molecular formula is C26H19Cl3N2O4. The van der Waals surface area contributed by atoms with Crippen molar-refractivity contribution < 1.29 is 19.5 Å². The summed E-state index contributed by atoms with van der Waals surface area (Å²) in [5.41, 5.74) is -0.169. The quantitative estimate of drug-likeness (QED) is 0.446. The Balaban J connectivity index is 1.67. The van der Waals surface area contributed by atoms with Crippen molar-refractivity contribution in [2.24, 2.45) is 11.8 Å². The van der Waals surface area contributed by atoms with Crippen LogP contribution in [0.25, 0.3) is 0 Å². The van der Waals surface area contributed by atoms with Gasteiger partial charge in [-0.25, -0.2) is 4.90 Å². The first kappa shape index (κ1) is 23.8. The second-order valence-corrected chi connectivity index (χ2v) is 10.0. The molecule has 6 nitrogen and oxygen atoms in total. The summed E-state index contributed by atoms with van der Waals surface area (Å²) in [5, 5.41) is 14.7. The van der Waals surface area contributed by atoms with E-state index >= 15 is 0 Å². The largest absolute Gasteiger partial charge is 0.480 e. The normalized spacial score (nSPS) is 25.7. The van der Waals surface area contributed by atoms with Gasteiger partial charge in [0.2, 0.25) is 11.8 Å². The fourth-order valence-electron chi connectivity index (χ4n) is 5.21. The molecule has 9 heteroatoms. The number of imide groups is 1. The van der Waals surface area contributed by atoms with Crippen LogP contribution in [-0.2, 0) is 20.8 Å². The van der Waals surface area contributed by atoms with Gasteiger partial charge in [0.1, 0.15) is 5.54 Å². The highest BCUT2D eigenvalue weighted by Crippen LogP contribution is 2.51. The van der Waals surface area contributed by atoms with Crippen LogP contribution in [0.1, 0.15) is 17.2 Å². The van der Waals surface area contributed by atoms with Gasteiger partial charge < -0.3 is 5.11 Å². The number of hydrogen-bond acceptors (Lipinski definition) is 4. The molecule has 3 aromatic carbocycles. The lowest BCUT2D eigenvalue weighted by molar-refractivity contribution is -0.148. The number of amides is 2. The fraction of sp³-hybridized carbons (Fsp3) is 0.192. The highest BCUT2D eigenvalue weighted by Gasteiger charge is 2.68. The minimum absolute atomic E-state index is 0.00956. The maximum atomic E-state index is 13.9. The average molecular weight is 530 g/mol. The van der Waals surface area contributed by atoms with E-state index in [1.807, 2.05) is 6.07 Å². The SMILES string of the molecule is O=C1C2C(c3ccc(Cl)cc3)NC(Cc3ccccc3)(C(=O)O)C2C(=O)N1c1ccc(Cl)cc1Cl. The lowest BCUT2D eigenvalue weighted by atomic mass is 9.76. The zero-order valence-electron chi connectivity index (χ0n) is 18.1. The topological polar surface area (TPSA) is 86.7 Å². The van der Waals surface area contributed by atoms with Gasteiger partial charge in [-0.05, 0) is 41.5 Å². The zero-order valence-corrected chi connectivity index (χ0v) is 20.4. The van der Waals surface area contributed by atoms with E-state index in [2.05, 4.69) is 5.32 Å². The van der Waals surface area contributed by atoms with Crippen LogP contribution in [0, 0.1) is 11.8 Å². The molecule has 2 aliphatic rings. The van der Waals surface area contributed by atoms with E-state index in [9.17, 15) is 19.5 Å². The number of anilines is 1. The number of carboxylic acids is 1. The molecule has 4 atom stereocenters. The van der Waals surface area contributed by atoms with Gasteiger partial charge in [-0.1, -0.05) is 77.3 Å². The van der Waals surface area contributed by atoms with Gasteiger partial charge in [-0.2, -0.15) is 0 Å². The first-order valence-corrected chi connectivity index (χ1v) is 12.0. The highest BCUT2D eigenvalue weighted by atomic mass is 35.5. The minimum atomic E-state index is -1.73. The third-order valence-corrected chi connectivity index (χ3v) is 7.53. The molecule has 0 aliphatic carbocycles. The number of nitrogens with zero attached hydrogens (tertiary/aromatic N) is 1. The number of benzene rings is 3. The first-order chi connectivity index (χ1) is 16.7. The number of rotatable bonds is 5. The summed E-state index contributed by atoms with van der Waals surface area (Å²) in [6, 6.07) is 19.5. The molecule has 2 aliphatic heterocycles. The number of carbonyl (C=O) groups excluding carboxylic acids is 2. The molecule has 2 fully saturated rings. The number of fused-ring (bicyclic) bond motifs is 1. The molecule has 0 spiro atoms. The predicted octanol–water partition coefficient (Wildman–Crippen LogP) is 5.16. The van der Waals surface area contributed by atoms with E-state index in [0.29, 0.717) is 15.6 Å². The smallest absolute Gasteiger partial charge is 0.325 e. The van der Waals surface area contributed by atoms with E-state index in [1.165, 1.54) is 18.2 Å². The summed E-state index contributed by atoms with van der Waals surface area (Å²) in [6.07, 6.45) is 0.00956. The Bertz CT molecular complexity index is 1330. The van der Waals surface area contributed by atoms with Crippen molar-refractivity contribution in [1.82, 2.24) is 5.32 Å². The minimum Gasteiger partial charge on any atom is -0.480 e. The van der Waals surface area contributed by atoms with Gasteiger partial charge in [0.25, 0.3) is 0 Å². The Morgan fingerprint density at radius 1 is 0.914 bits per heavy atom. The molecule has 2 N–H and O–H groups in total. The molecule has 2 heterocycles. The van der Waals surface area contributed by atoms with Crippen LogP contribution in [0.4, 0.5) is 5.69 Å². The van der Waals surface area contributed by atoms with Gasteiger partial charge in [0.15, 0.2) is 0 Å². The van der Waals surface area contributed by atoms with Crippen LogP contribution in [0.15, 0.2) is 72.8 Å². The molecule has 0 bridgehead atoms. The predicted molar refractivity (Wildman–Crippen MR) is 134 cm³/mol. The number of aliphatic carboxylic acids is 1. The molecule has 0 saturated carbocycles. The third kappa shape index (κ3) is 3.91. The average Bonchev–Trinajstić information content (AvgIpc) is 3.30. The summed E-state index contributed by atoms with van der Waals surface area (Å²) in [7, 11) is 0. The second-order valence-electron chi connectivity index (χ2n) is 8.72. The van der Waals surface area contributed by atoms with Crippen LogP contribution in [0.3, 0.4) is 0 Å². The number of nitrogens with one attached hydrogen (secondary N) is 1. The van der Waals surface area contributed by atoms with Crippen molar-refractivity contribution in [3.63, 3.8) is 0 Å². The lowest BCUT2D eigenvalue weighted by Crippen LogP contribution is -2.57. The molecule has 0 radical (unpaired) electrons. The Morgan fingerprint density at radius 2 is 1.57 bits per heavy atom. The van der Waals surface area contributed by atoms with Crippen molar-refractivity contribution in [3.8, 4) is 0 Å². The summed E-state index contributed by atoms with van der Waals surface area (Å²) in [6.45, 7) is 0. The monoisotopic (exact) mass is 528 g/mol. The van der Waals surface area contributed by atoms with Crippen LogP contribution >= 0.6 is 34.8 Å². The Morgan fingerprint density at radius 3 is 2.20 bits per heavy atom. The summed E-state index contributed by atoms with van der Waals surface area (Å²) < 4.78 is 0. The van der Waals surface area contributed by atoms with Crippen LogP contribution in [-0.4, -0.2) is 28.4 Å². The van der Waals surface area contributed by atoms with Gasteiger partial charge in [-0.3, -0.25) is 19.7 Å². The zero-order chi connectivity index (χ0) is 24.9. The molecule has 2 amide bonds. The van der Waals surface area contributed by atoms with Crippen LogP contribution in [0.5, 0.6) is 0 Å². The first-order valence-electron chi connectivity index (χ1n) is 10.9. The molecule has 4 unspecified atom stereocenters. The maximum absolute atomic E-state index is 13.9. The lowest BCUT2D eigenvalue weighted by Gasteiger charge is -2.31. The molecule has 3 aromatic rings. The maximum Gasteiger partial charge on any atom is 0.325 e. The van der Waals surface area contributed by atoms with Gasteiger partial charge in [0.05, 0.1) is 22.5 Å². The second kappa shape index (κ2) is 8.95. The van der Waals surface area contributed by atoms with E-state index in [-0.39, 0.29) is 17.1 Å². The third-order valence-electron chi connectivity index (χ3n) is 6.74. The van der Waals surface area contributed by atoms with E-state index in [1.54, 1.807) is 48.5 Å². The molecule has 0 aromatic heterocycles. The summed E-state index contributed by atoms with van der Waals surface area (Å²) in [4.78, 5) is 41.6. The number of halogens is 3. The van der Waals surface area contributed by atoms with E-state index < -0.39 is 41.2 Å². The summed E-state index contributed by atoms with van der Waals surface area (Å²) >= 11 is 18.4. The Kier molecular flexibility index (Phi) is 6.09. The van der Waals surface area contributed by atoms with Crippen molar-refractivity contribution in [2.75, 3.05) is 4.90 Å². The summed E-state index contributed by atoms with van der Waals surface area (Å²) in [5.74, 6) is -4.48. The number of carbonyl (C=O) groups is 3. The molecule has 5 rings (SSSR count). The standard InChI is InChI=1S/C26H19Cl3N2O4/c27-16-8-6-15(7-9-16)22-20-21(26(30-22,25(34)35)13-14-4-2-1-3-5-14)24(33)31(23(20)32)19-11-10-17(28)12-18(19)29/h1-12,20-22,30H,13H2,(H,34,35). The number of hydrogen-bond donors (Lipinski definition) is 2. The van der Waals surface area contributed by atoms with E-state index in [4.69, 9.17) is 34.8 Å². The van der Waals surface area contributed by atoms with Crippen molar-refractivity contribution in [2.45, 2.75) is 18.0 Å². The van der Waals surface area contributed by atoms with Gasteiger partial charge >= 0.3 is 5.97 Å². The Hall–Kier alpha value is -2.90. The van der Waals surface area contributed by atoms with Crippen LogP contribution in [0.2, 0.25) is 15.1 Å². The molecular weight excluding hydrogens is 511 g/mol. The fourth-order valence-corrected chi connectivity index (χ4v) is 5.83. The molecule has 35 heavy (non-hydrogen) atoms. The molecule has 2 saturated heterocycles. The molecule has 178 valence electrons.